The van der Waals surface area contributed by atoms with E-state index in [2.05, 4.69) is 205 Å². The lowest BCUT2D eigenvalue weighted by Gasteiger charge is -2.28. The Balaban J connectivity index is 1.05. The van der Waals surface area contributed by atoms with Crippen LogP contribution in [0.15, 0.2) is 217 Å². The van der Waals surface area contributed by atoms with Gasteiger partial charge in [-0.2, -0.15) is 0 Å². The third-order valence-corrected chi connectivity index (χ3v) is 11.2. The highest BCUT2D eigenvalue weighted by Gasteiger charge is 2.20. The molecule has 0 bridgehead atoms. The number of fused-ring (bicyclic) bond motifs is 7. The van der Waals surface area contributed by atoms with Gasteiger partial charge in [0.05, 0.1) is 5.69 Å². The van der Waals surface area contributed by atoms with E-state index in [9.17, 15) is 0 Å². The summed E-state index contributed by atoms with van der Waals surface area (Å²) in [6.45, 7) is 0. The van der Waals surface area contributed by atoms with Gasteiger partial charge in [0.15, 0.2) is 0 Å². The molecule has 1 heterocycles. The molecule has 0 saturated heterocycles. The van der Waals surface area contributed by atoms with Crippen LogP contribution in [0.3, 0.4) is 0 Å². The Morgan fingerprint density at radius 3 is 1.75 bits per heavy atom. The van der Waals surface area contributed by atoms with Gasteiger partial charge in [0.2, 0.25) is 0 Å². The number of anilines is 3. The normalized spacial score (nSPS) is 11.6. The molecule has 0 aliphatic rings. The molecule has 11 aromatic rings. The van der Waals surface area contributed by atoms with Crippen LogP contribution in [0.25, 0.3) is 87.6 Å². The van der Waals surface area contributed by atoms with Gasteiger partial charge in [-0.15, -0.1) is 0 Å². The van der Waals surface area contributed by atoms with E-state index >= 15 is 0 Å². The molecule has 0 N–H and O–H groups in total. The minimum absolute atomic E-state index is 0.880. The number of benzene rings is 10. The van der Waals surface area contributed by atoms with Crippen LogP contribution < -0.4 is 4.90 Å². The lowest BCUT2D eigenvalue weighted by Crippen LogP contribution is -2.11. The SMILES string of the molecule is c1cc(-c2ccccc2N(c2ccc(-c3ccc4c(ccc5ccccc54)c3)cc2)c2ccc3oc4ccccc4c3c2)cc(-c2cccc3ccccc23)c1. The average molecular weight is 714 g/mol. The molecule has 2 nitrogen and oxygen atoms in total. The van der Waals surface area contributed by atoms with Crippen molar-refractivity contribution >= 4 is 71.3 Å². The first-order chi connectivity index (χ1) is 27.7. The molecule has 0 unspecified atom stereocenters. The van der Waals surface area contributed by atoms with Crippen molar-refractivity contribution in [2.45, 2.75) is 0 Å². The van der Waals surface area contributed by atoms with E-state index in [1.165, 1.54) is 54.6 Å². The summed E-state index contributed by atoms with van der Waals surface area (Å²) in [5.74, 6) is 0. The maximum absolute atomic E-state index is 6.28. The van der Waals surface area contributed by atoms with Gasteiger partial charge < -0.3 is 9.32 Å². The fourth-order valence-corrected chi connectivity index (χ4v) is 8.52. The van der Waals surface area contributed by atoms with Gasteiger partial charge in [-0.05, 0) is 115 Å². The van der Waals surface area contributed by atoms with Gasteiger partial charge in [-0.25, -0.2) is 0 Å². The monoisotopic (exact) mass is 713 g/mol. The zero-order valence-electron chi connectivity index (χ0n) is 30.6. The van der Waals surface area contributed by atoms with Crippen molar-refractivity contribution in [3.63, 3.8) is 0 Å². The van der Waals surface area contributed by atoms with Crippen LogP contribution in [-0.4, -0.2) is 0 Å². The molecule has 0 aliphatic carbocycles. The van der Waals surface area contributed by atoms with E-state index in [0.29, 0.717) is 0 Å². The zero-order chi connectivity index (χ0) is 37.0. The van der Waals surface area contributed by atoms with E-state index in [1.807, 2.05) is 12.1 Å². The largest absolute Gasteiger partial charge is 0.456 e. The first-order valence-corrected chi connectivity index (χ1v) is 19.2. The minimum Gasteiger partial charge on any atom is -0.456 e. The van der Waals surface area contributed by atoms with Crippen molar-refractivity contribution in [1.82, 2.24) is 0 Å². The van der Waals surface area contributed by atoms with Crippen molar-refractivity contribution in [2.75, 3.05) is 4.90 Å². The maximum Gasteiger partial charge on any atom is 0.135 e. The van der Waals surface area contributed by atoms with Crippen LogP contribution in [0, 0.1) is 0 Å². The highest BCUT2D eigenvalue weighted by molar-refractivity contribution is 6.09. The molecular weight excluding hydrogens is 679 g/mol. The highest BCUT2D eigenvalue weighted by Crippen LogP contribution is 2.44. The summed E-state index contributed by atoms with van der Waals surface area (Å²) >= 11 is 0. The Bertz CT molecular complexity index is 3260. The molecule has 0 radical (unpaired) electrons. The Labute approximate surface area is 325 Å². The fourth-order valence-electron chi connectivity index (χ4n) is 8.52. The van der Waals surface area contributed by atoms with Crippen molar-refractivity contribution in [3.8, 4) is 33.4 Å². The van der Waals surface area contributed by atoms with Crippen molar-refractivity contribution < 1.29 is 4.42 Å². The summed E-state index contributed by atoms with van der Waals surface area (Å²) in [4.78, 5) is 2.39. The number of furan rings is 1. The molecule has 11 rings (SSSR count). The lowest BCUT2D eigenvalue weighted by molar-refractivity contribution is 0.669. The lowest BCUT2D eigenvalue weighted by atomic mass is 9.94. The van der Waals surface area contributed by atoms with E-state index in [4.69, 9.17) is 4.42 Å². The summed E-state index contributed by atoms with van der Waals surface area (Å²) in [6, 6.07) is 76.6. The van der Waals surface area contributed by atoms with Gasteiger partial charge in [0.1, 0.15) is 11.2 Å². The topological polar surface area (TPSA) is 16.4 Å². The van der Waals surface area contributed by atoms with Gasteiger partial charge in [0.25, 0.3) is 0 Å². The summed E-state index contributed by atoms with van der Waals surface area (Å²) in [7, 11) is 0. The van der Waals surface area contributed by atoms with E-state index in [0.717, 1.165) is 50.1 Å². The number of hydrogen-bond acceptors (Lipinski definition) is 2. The fraction of sp³-hybridized carbons (Fsp3) is 0. The smallest absolute Gasteiger partial charge is 0.135 e. The predicted molar refractivity (Wildman–Crippen MR) is 237 cm³/mol. The number of rotatable bonds is 6. The third kappa shape index (κ3) is 5.42. The van der Waals surface area contributed by atoms with Crippen LogP contribution in [0.5, 0.6) is 0 Å². The zero-order valence-corrected chi connectivity index (χ0v) is 30.6. The highest BCUT2D eigenvalue weighted by atomic mass is 16.3. The maximum atomic E-state index is 6.28. The van der Waals surface area contributed by atoms with Crippen LogP contribution in [0.1, 0.15) is 0 Å². The summed E-state index contributed by atoms with van der Waals surface area (Å²) in [5.41, 5.74) is 12.1. The molecule has 2 heteroatoms. The van der Waals surface area contributed by atoms with E-state index < -0.39 is 0 Å². The molecule has 0 fully saturated rings. The average Bonchev–Trinajstić information content (AvgIpc) is 3.65. The summed E-state index contributed by atoms with van der Waals surface area (Å²) in [5, 5.41) is 9.77. The first-order valence-electron chi connectivity index (χ1n) is 19.2. The van der Waals surface area contributed by atoms with E-state index in [1.54, 1.807) is 0 Å². The van der Waals surface area contributed by atoms with Gasteiger partial charge in [-0.3, -0.25) is 0 Å². The van der Waals surface area contributed by atoms with Crippen molar-refractivity contribution in [2.24, 2.45) is 0 Å². The number of nitrogens with zero attached hydrogens (tertiary/aromatic N) is 1. The van der Waals surface area contributed by atoms with Crippen LogP contribution in [0.4, 0.5) is 17.1 Å². The Morgan fingerprint density at radius 1 is 0.286 bits per heavy atom. The van der Waals surface area contributed by atoms with Gasteiger partial charge in [0, 0.05) is 27.7 Å². The first kappa shape index (κ1) is 32.0. The number of hydrogen-bond donors (Lipinski definition) is 0. The predicted octanol–water partition coefficient (Wildman–Crippen LogP) is 15.5. The molecule has 0 aliphatic heterocycles. The quantitative estimate of drug-likeness (QED) is 0.160. The van der Waals surface area contributed by atoms with Crippen LogP contribution >= 0.6 is 0 Å². The second-order valence-electron chi connectivity index (χ2n) is 14.5. The molecule has 0 amide bonds. The molecule has 0 spiro atoms. The summed E-state index contributed by atoms with van der Waals surface area (Å²) in [6.07, 6.45) is 0. The Hall–Kier alpha value is -7.42. The standard InChI is InChI=1S/C54H35NO/c1-3-16-45-37(11-1)13-10-20-47(45)40-14-9-15-41(34-40)49-18-5-7-21-52(49)55(44-30-32-54-51(35-44)50-19-6-8-22-53(50)56-54)43-28-25-36(26-29-43)39-27-31-48-42(33-39)24-23-38-12-2-4-17-46(38)48/h1-35H. The van der Waals surface area contributed by atoms with Crippen molar-refractivity contribution in [3.05, 3.63) is 212 Å². The molecule has 1 aromatic heterocycles. The molecule has 10 aromatic carbocycles. The van der Waals surface area contributed by atoms with Gasteiger partial charge >= 0.3 is 0 Å². The summed E-state index contributed by atoms with van der Waals surface area (Å²) < 4.78 is 6.28. The van der Waals surface area contributed by atoms with Crippen LogP contribution in [-0.2, 0) is 0 Å². The van der Waals surface area contributed by atoms with Crippen molar-refractivity contribution in [1.29, 1.82) is 0 Å². The second kappa shape index (κ2) is 13.2. The minimum atomic E-state index is 0.880. The van der Waals surface area contributed by atoms with Gasteiger partial charge in [-0.1, -0.05) is 158 Å². The Kier molecular flexibility index (Phi) is 7.53. The molecule has 56 heavy (non-hydrogen) atoms. The third-order valence-electron chi connectivity index (χ3n) is 11.2. The molecule has 262 valence electrons. The molecule has 0 saturated carbocycles. The second-order valence-corrected chi connectivity index (χ2v) is 14.5. The Morgan fingerprint density at radius 2 is 0.875 bits per heavy atom. The van der Waals surface area contributed by atoms with Crippen LogP contribution in [0.2, 0.25) is 0 Å². The molecular formula is C54H35NO. The molecule has 0 atom stereocenters. The number of para-hydroxylation sites is 2. The van der Waals surface area contributed by atoms with E-state index in [-0.39, 0.29) is 0 Å².